The van der Waals surface area contributed by atoms with Gasteiger partial charge in [-0.3, -0.25) is 14.5 Å². The molecule has 3 fully saturated rings. The summed E-state index contributed by atoms with van der Waals surface area (Å²) in [4.78, 5) is 35.2. The third-order valence-corrected chi connectivity index (χ3v) is 10.8. The van der Waals surface area contributed by atoms with Crippen LogP contribution < -0.4 is 10.2 Å². The number of hydrogen-bond donors (Lipinski definition) is 2. The molecule has 2 saturated carbocycles. The van der Waals surface area contributed by atoms with E-state index in [0.29, 0.717) is 56.8 Å². The number of aliphatic carboxylic acids is 1. The minimum absolute atomic E-state index is 0.00329. The summed E-state index contributed by atoms with van der Waals surface area (Å²) >= 11 is 0. The fourth-order valence-electron chi connectivity index (χ4n) is 8.22. The second-order valence-electron chi connectivity index (χ2n) is 13.7. The van der Waals surface area contributed by atoms with Crippen molar-refractivity contribution in [3.63, 3.8) is 0 Å². The number of nitrogens with one attached hydrogen (secondary N) is 1. The third-order valence-electron chi connectivity index (χ3n) is 10.8. The number of carboxylic acid groups (broad SMARTS) is 1. The lowest BCUT2D eigenvalue weighted by Gasteiger charge is -2.33. The number of aryl methyl sites for hydroxylation is 2. The molecule has 1 amide bonds. The lowest BCUT2D eigenvalue weighted by molar-refractivity contribution is -0.144. The number of nitrogens with zero attached hydrogens (tertiary/aromatic N) is 3. The molecule has 7 rings (SSSR count). The highest BCUT2D eigenvalue weighted by Crippen LogP contribution is 2.60. The quantitative estimate of drug-likeness (QED) is 0.333. The van der Waals surface area contributed by atoms with Gasteiger partial charge in [0.15, 0.2) is 0 Å². The number of fused-ring (bicyclic) bond motifs is 3. The van der Waals surface area contributed by atoms with Crippen molar-refractivity contribution in [2.75, 3.05) is 43.6 Å². The minimum atomic E-state index is -1.04. The lowest BCUT2D eigenvalue weighted by Crippen LogP contribution is -2.43. The highest BCUT2D eigenvalue weighted by Gasteiger charge is 2.62. The van der Waals surface area contributed by atoms with Crippen LogP contribution >= 0.6 is 0 Å². The van der Waals surface area contributed by atoms with Gasteiger partial charge in [-0.15, -0.1) is 0 Å². The van der Waals surface area contributed by atoms with Gasteiger partial charge in [-0.05, 0) is 119 Å². The molecule has 1 saturated heterocycles. The zero-order valence-electron chi connectivity index (χ0n) is 26.2. The van der Waals surface area contributed by atoms with E-state index in [1.54, 1.807) is 4.90 Å². The van der Waals surface area contributed by atoms with Gasteiger partial charge in [0.05, 0.1) is 17.2 Å². The topological polar surface area (TPSA) is 104 Å². The number of pyridine rings is 1. The van der Waals surface area contributed by atoms with E-state index >= 15 is 4.39 Å². The summed E-state index contributed by atoms with van der Waals surface area (Å²) in [5, 5.41) is 14.0. The minimum Gasteiger partial charge on any atom is -0.480 e. The average molecular weight is 621 g/mol. The molecule has 1 aromatic carbocycles. The molecule has 2 aliphatic carbocycles. The summed E-state index contributed by atoms with van der Waals surface area (Å²) in [6, 6.07) is 6.03. The van der Waals surface area contributed by atoms with Crippen LogP contribution in [-0.4, -0.2) is 78.5 Å². The maximum Gasteiger partial charge on any atom is 0.325 e. The molecule has 0 radical (unpaired) electrons. The Morgan fingerprint density at radius 1 is 1.22 bits per heavy atom. The molecular formula is C35H45FN4O5. The molecule has 5 aliphatic rings. The summed E-state index contributed by atoms with van der Waals surface area (Å²) in [7, 11) is 1.83. The van der Waals surface area contributed by atoms with Crippen molar-refractivity contribution >= 4 is 23.4 Å². The molecular weight excluding hydrogens is 575 g/mol. The van der Waals surface area contributed by atoms with Crippen molar-refractivity contribution in [2.45, 2.75) is 107 Å². The maximum absolute atomic E-state index is 15.3. The van der Waals surface area contributed by atoms with Gasteiger partial charge < -0.3 is 24.8 Å². The van der Waals surface area contributed by atoms with Gasteiger partial charge in [0.25, 0.3) is 0 Å². The van der Waals surface area contributed by atoms with E-state index in [1.165, 1.54) is 17.7 Å². The Hall–Kier alpha value is -3.08. The molecule has 1 spiro atoms. The Labute approximate surface area is 264 Å². The van der Waals surface area contributed by atoms with Gasteiger partial charge >= 0.3 is 5.97 Å². The van der Waals surface area contributed by atoms with Crippen LogP contribution in [0.3, 0.4) is 0 Å². The van der Waals surface area contributed by atoms with Crippen molar-refractivity contribution < 1.29 is 28.6 Å². The lowest BCUT2D eigenvalue weighted by atomic mass is 9.88. The molecule has 9 nitrogen and oxygen atoms in total. The van der Waals surface area contributed by atoms with Crippen LogP contribution in [0.5, 0.6) is 0 Å². The summed E-state index contributed by atoms with van der Waals surface area (Å²) in [6.07, 6.45) is 10.3. The molecule has 1 aromatic heterocycles. The first-order chi connectivity index (χ1) is 21.9. The van der Waals surface area contributed by atoms with Crippen molar-refractivity contribution in [3.8, 4) is 0 Å². The van der Waals surface area contributed by atoms with E-state index in [4.69, 9.17) is 14.5 Å². The number of ether oxygens (including phenoxy) is 2. The summed E-state index contributed by atoms with van der Waals surface area (Å²) < 4.78 is 27.1. The van der Waals surface area contributed by atoms with Crippen LogP contribution in [0.4, 0.5) is 15.9 Å². The largest absolute Gasteiger partial charge is 0.480 e. The fourth-order valence-corrected chi connectivity index (χ4v) is 8.22. The van der Waals surface area contributed by atoms with Crippen LogP contribution in [0.1, 0.15) is 92.6 Å². The molecule has 2 N–H and O–H groups in total. The number of carboxylic acids is 1. The Bertz CT molecular complexity index is 1440. The maximum atomic E-state index is 15.3. The van der Waals surface area contributed by atoms with Crippen LogP contribution in [0.25, 0.3) is 0 Å². The SMILES string of the molecule is CN([C@H]1CC[C@H](OCCCCc2ccc3c(n2)NCCC3)C1)[C@@H](C(=O)O)c1cc(F)cc2c1C1(CC1)C(=O)N2C1CCOCC1. The highest BCUT2D eigenvalue weighted by molar-refractivity contribution is 6.11. The number of carbonyl (C=O) groups excluding carboxylic acids is 1. The molecule has 4 heterocycles. The van der Waals surface area contributed by atoms with Gasteiger partial charge in [-0.25, -0.2) is 9.37 Å². The van der Waals surface area contributed by atoms with Crippen molar-refractivity contribution in [1.29, 1.82) is 0 Å². The van der Waals surface area contributed by atoms with Crippen LogP contribution in [0.15, 0.2) is 24.3 Å². The summed E-state index contributed by atoms with van der Waals surface area (Å²) in [5.74, 6) is -0.486. The van der Waals surface area contributed by atoms with Gasteiger partial charge in [0.2, 0.25) is 5.91 Å². The number of carbonyl (C=O) groups is 2. The monoisotopic (exact) mass is 620 g/mol. The first-order valence-electron chi connectivity index (χ1n) is 16.9. The fraction of sp³-hybridized carbons (Fsp3) is 0.629. The van der Waals surface area contributed by atoms with Crippen molar-refractivity contribution in [3.05, 3.63) is 52.5 Å². The Morgan fingerprint density at radius 2 is 2.04 bits per heavy atom. The predicted octanol–water partition coefficient (Wildman–Crippen LogP) is 5.15. The van der Waals surface area contributed by atoms with Crippen molar-refractivity contribution in [1.82, 2.24) is 9.88 Å². The normalized spacial score (nSPS) is 24.5. The van der Waals surface area contributed by atoms with E-state index in [1.807, 2.05) is 11.9 Å². The van der Waals surface area contributed by atoms with Crippen LogP contribution in [0, 0.1) is 5.82 Å². The summed E-state index contributed by atoms with van der Waals surface area (Å²) in [6.45, 7) is 2.78. The zero-order chi connectivity index (χ0) is 31.1. The highest BCUT2D eigenvalue weighted by atomic mass is 19.1. The molecule has 3 atom stereocenters. The summed E-state index contributed by atoms with van der Waals surface area (Å²) in [5.41, 5.74) is 3.41. The van der Waals surface area contributed by atoms with Gasteiger partial charge in [-0.1, -0.05) is 6.07 Å². The Morgan fingerprint density at radius 3 is 2.82 bits per heavy atom. The van der Waals surface area contributed by atoms with Crippen LogP contribution in [-0.2, 0) is 37.3 Å². The number of halogens is 1. The second kappa shape index (κ2) is 12.6. The van der Waals surface area contributed by atoms with E-state index < -0.39 is 23.2 Å². The molecule has 45 heavy (non-hydrogen) atoms. The molecule has 0 bridgehead atoms. The molecule has 3 aliphatic heterocycles. The number of amides is 1. The molecule has 242 valence electrons. The number of likely N-dealkylation sites (N-methyl/N-ethyl adjacent to an activating group) is 1. The number of aromatic nitrogens is 1. The first kappa shape index (κ1) is 30.6. The number of anilines is 2. The first-order valence-corrected chi connectivity index (χ1v) is 16.9. The number of unbranched alkanes of at least 4 members (excludes halogenated alkanes) is 1. The number of benzene rings is 1. The number of hydrogen-bond acceptors (Lipinski definition) is 7. The zero-order valence-corrected chi connectivity index (χ0v) is 26.2. The Balaban J connectivity index is 0.993. The third kappa shape index (κ3) is 5.85. The number of rotatable bonds is 11. The van der Waals surface area contributed by atoms with E-state index in [-0.39, 0.29) is 24.1 Å². The van der Waals surface area contributed by atoms with Crippen LogP contribution in [0.2, 0.25) is 0 Å². The molecule has 10 heteroatoms. The van der Waals surface area contributed by atoms with E-state index in [2.05, 4.69) is 17.4 Å². The van der Waals surface area contributed by atoms with Gasteiger partial charge in [0, 0.05) is 44.1 Å². The van der Waals surface area contributed by atoms with Gasteiger partial charge in [0.1, 0.15) is 17.7 Å². The van der Waals surface area contributed by atoms with Crippen molar-refractivity contribution in [2.24, 2.45) is 0 Å². The standard InChI is InChI=1S/C35H45FN4O5/c1-39(26-9-10-27(21-26)45-16-3-2-6-24-8-7-22-5-4-15-37-32(22)38-24)31(33(41)42)28-19-23(36)20-29-30(28)35(13-14-35)34(43)40(29)25-11-17-44-18-12-25/h7-8,19-20,25-27,31H,2-6,9-18,21H2,1H3,(H,37,38)(H,41,42)/t26-,27-,31+/m0/s1. The smallest absolute Gasteiger partial charge is 0.325 e. The molecule has 0 unspecified atom stereocenters. The van der Waals surface area contributed by atoms with E-state index in [0.717, 1.165) is 75.0 Å². The predicted molar refractivity (Wildman–Crippen MR) is 168 cm³/mol. The average Bonchev–Trinajstić information content (AvgIpc) is 3.63. The van der Waals surface area contributed by atoms with Gasteiger partial charge in [-0.2, -0.15) is 0 Å². The molecule has 2 aromatic rings. The van der Waals surface area contributed by atoms with E-state index in [9.17, 15) is 14.7 Å². The Kier molecular flexibility index (Phi) is 8.56. The second-order valence-corrected chi connectivity index (χ2v) is 13.7.